The molecular formula is C10H10ClN3O2. The second kappa shape index (κ2) is 4.02. The van der Waals surface area contributed by atoms with Gasteiger partial charge in [0, 0.05) is 0 Å². The average molecular weight is 240 g/mol. The Balaban J connectivity index is 2.36. The van der Waals surface area contributed by atoms with Crippen molar-refractivity contribution in [1.82, 2.24) is 9.55 Å². The summed E-state index contributed by atoms with van der Waals surface area (Å²) in [6.07, 6.45) is 1.35. The van der Waals surface area contributed by atoms with Crippen LogP contribution in [0.1, 0.15) is 11.5 Å². The van der Waals surface area contributed by atoms with Crippen molar-refractivity contribution in [2.24, 2.45) is 0 Å². The molecule has 0 saturated heterocycles. The lowest BCUT2D eigenvalue weighted by atomic mass is 10.4. The van der Waals surface area contributed by atoms with Gasteiger partial charge in [0.1, 0.15) is 17.2 Å². The van der Waals surface area contributed by atoms with E-state index < -0.39 is 0 Å². The number of hydrogen-bond donors (Lipinski definition) is 1. The normalized spacial score (nSPS) is 10.6. The van der Waals surface area contributed by atoms with Gasteiger partial charge in [0.2, 0.25) is 0 Å². The molecule has 0 fully saturated rings. The van der Waals surface area contributed by atoms with Gasteiger partial charge in [-0.05, 0) is 19.1 Å². The van der Waals surface area contributed by atoms with E-state index in [9.17, 15) is 4.79 Å². The van der Waals surface area contributed by atoms with E-state index >= 15 is 0 Å². The molecule has 2 N–H and O–H groups in total. The van der Waals surface area contributed by atoms with Crippen LogP contribution < -0.4 is 11.3 Å². The Kier molecular flexibility index (Phi) is 2.70. The van der Waals surface area contributed by atoms with Crippen LogP contribution in [-0.4, -0.2) is 9.55 Å². The number of nitrogens with zero attached hydrogens (tertiary/aromatic N) is 2. The van der Waals surface area contributed by atoms with Gasteiger partial charge in [0.05, 0.1) is 12.9 Å². The first-order valence-electron chi connectivity index (χ1n) is 4.63. The highest BCUT2D eigenvalue weighted by atomic mass is 35.5. The van der Waals surface area contributed by atoms with Gasteiger partial charge in [-0.2, -0.15) is 0 Å². The Morgan fingerprint density at radius 2 is 2.31 bits per heavy atom. The summed E-state index contributed by atoms with van der Waals surface area (Å²) < 4.78 is 6.70. The number of aryl methyl sites for hydroxylation is 1. The van der Waals surface area contributed by atoms with E-state index in [-0.39, 0.29) is 16.4 Å². The highest BCUT2D eigenvalue weighted by Crippen LogP contribution is 2.10. The second-order valence-corrected chi connectivity index (χ2v) is 3.75. The maximum absolute atomic E-state index is 11.7. The molecule has 2 aromatic rings. The Morgan fingerprint density at radius 1 is 1.56 bits per heavy atom. The Hall–Kier alpha value is -1.75. The van der Waals surface area contributed by atoms with Crippen LogP contribution in [0.3, 0.4) is 0 Å². The van der Waals surface area contributed by atoms with E-state index in [1.807, 2.05) is 13.0 Å². The van der Waals surface area contributed by atoms with Crippen molar-refractivity contribution in [3.05, 3.63) is 45.5 Å². The number of rotatable bonds is 2. The lowest BCUT2D eigenvalue weighted by molar-refractivity contribution is 0.466. The molecule has 0 saturated carbocycles. The number of nitrogens with two attached hydrogens (primary N) is 1. The molecule has 5 nitrogen and oxygen atoms in total. The number of aromatic nitrogens is 2. The molecule has 16 heavy (non-hydrogen) atoms. The molecule has 84 valence electrons. The summed E-state index contributed by atoms with van der Waals surface area (Å²) in [5.74, 6) is 1.46. The van der Waals surface area contributed by atoms with Crippen LogP contribution >= 0.6 is 11.6 Å². The third-order valence-corrected chi connectivity index (χ3v) is 2.45. The molecule has 2 aromatic heterocycles. The monoisotopic (exact) mass is 239 g/mol. The SMILES string of the molecule is Cc1ccc(Cn2cnc(Cl)c(N)c2=O)o1. The van der Waals surface area contributed by atoms with Crippen molar-refractivity contribution >= 4 is 17.3 Å². The third kappa shape index (κ3) is 1.94. The molecule has 0 aliphatic carbocycles. The van der Waals surface area contributed by atoms with Gasteiger partial charge in [-0.3, -0.25) is 9.36 Å². The van der Waals surface area contributed by atoms with Gasteiger partial charge >= 0.3 is 0 Å². The van der Waals surface area contributed by atoms with Gasteiger partial charge in [0.15, 0.2) is 5.15 Å². The highest BCUT2D eigenvalue weighted by Gasteiger charge is 2.07. The van der Waals surface area contributed by atoms with E-state index in [2.05, 4.69) is 4.98 Å². The van der Waals surface area contributed by atoms with Crippen LogP contribution in [-0.2, 0) is 6.54 Å². The fraction of sp³-hybridized carbons (Fsp3) is 0.200. The van der Waals surface area contributed by atoms with E-state index in [0.29, 0.717) is 12.3 Å². The summed E-state index contributed by atoms with van der Waals surface area (Å²) in [7, 11) is 0. The van der Waals surface area contributed by atoms with Crippen LogP contribution in [0.5, 0.6) is 0 Å². The summed E-state index contributed by atoms with van der Waals surface area (Å²) in [6, 6.07) is 3.62. The zero-order chi connectivity index (χ0) is 11.7. The predicted octanol–water partition coefficient (Wildman–Crippen LogP) is 1.43. The van der Waals surface area contributed by atoms with Crippen LogP contribution in [0.4, 0.5) is 5.69 Å². The fourth-order valence-electron chi connectivity index (χ4n) is 1.34. The molecule has 0 aromatic carbocycles. The summed E-state index contributed by atoms with van der Waals surface area (Å²) in [5.41, 5.74) is 5.07. The van der Waals surface area contributed by atoms with E-state index in [0.717, 1.165) is 5.76 Å². The van der Waals surface area contributed by atoms with E-state index in [1.54, 1.807) is 6.07 Å². The molecule has 6 heteroatoms. The third-order valence-electron chi connectivity index (χ3n) is 2.15. The largest absolute Gasteiger partial charge is 0.464 e. The van der Waals surface area contributed by atoms with Gasteiger partial charge < -0.3 is 10.2 Å². The lowest BCUT2D eigenvalue weighted by Crippen LogP contribution is -2.24. The van der Waals surface area contributed by atoms with Crippen molar-refractivity contribution in [3.63, 3.8) is 0 Å². The lowest BCUT2D eigenvalue weighted by Gasteiger charge is -2.04. The molecule has 2 rings (SSSR count). The average Bonchev–Trinajstić information content (AvgIpc) is 2.65. The summed E-state index contributed by atoms with van der Waals surface area (Å²) in [6.45, 7) is 2.13. The number of furan rings is 1. The van der Waals surface area contributed by atoms with Crippen molar-refractivity contribution in [2.45, 2.75) is 13.5 Å². The first-order chi connectivity index (χ1) is 7.58. The summed E-state index contributed by atoms with van der Waals surface area (Å²) >= 11 is 5.62. The minimum atomic E-state index is -0.367. The van der Waals surface area contributed by atoms with Crippen molar-refractivity contribution < 1.29 is 4.42 Å². The number of anilines is 1. The molecule has 0 aliphatic rings. The van der Waals surface area contributed by atoms with Gasteiger partial charge in [-0.25, -0.2) is 4.98 Å². The van der Waals surface area contributed by atoms with Crippen LogP contribution in [0.15, 0.2) is 27.7 Å². The molecular weight excluding hydrogens is 230 g/mol. The zero-order valence-electron chi connectivity index (χ0n) is 8.61. The Bertz CT molecular complexity index is 574. The van der Waals surface area contributed by atoms with E-state index in [4.69, 9.17) is 21.8 Å². The summed E-state index contributed by atoms with van der Waals surface area (Å²) in [5, 5.41) is 0.0249. The molecule has 0 atom stereocenters. The van der Waals surface area contributed by atoms with E-state index in [1.165, 1.54) is 10.9 Å². The Labute approximate surface area is 96.5 Å². The molecule has 0 radical (unpaired) electrons. The minimum absolute atomic E-state index is 0.0249. The first-order valence-corrected chi connectivity index (χ1v) is 5.01. The van der Waals surface area contributed by atoms with Crippen LogP contribution in [0.2, 0.25) is 5.15 Å². The molecule has 0 bridgehead atoms. The van der Waals surface area contributed by atoms with Gasteiger partial charge in [-0.15, -0.1) is 0 Å². The first kappa shape index (κ1) is 10.8. The van der Waals surface area contributed by atoms with Gasteiger partial charge in [0.25, 0.3) is 5.56 Å². The number of halogens is 1. The molecule has 2 heterocycles. The molecule has 0 aliphatic heterocycles. The number of hydrogen-bond acceptors (Lipinski definition) is 4. The Morgan fingerprint density at radius 3 is 2.94 bits per heavy atom. The summed E-state index contributed by atoms with van der Waals surface area (Å²) in [4.78, 5) is 15.5. The van der Waals surface area contributed by atoms with Crippen molar-refractivity contribution in [1.29, 1.82) is 0 Å². The minimum Gasteiger partial charge on any atom is -0.464 e. The smallest absolute Gasteiger partial charge is 0.278 e. The molecule has 0 amide bonds. The highest BCUT2D eigenvalue weighted by molar-refractivity contribution is 6.31. The zero-order valence-corrected chi connectivity index (χ0v) is 9.36. The van der Waals surface area contributed by atoms with Crippen LogP contribution in [0, 0.1) is 6.92 Å². The number of nitrogen functional groups attached to an aromatic ring is 1. The van der Waals surface area contributed by atoms with Crippen molar-refractivity contribution in [2.75, 3.05) is 5.73 Å². The van der Waals surface area contributed by atoms with Crippen LogP contribution in [0.25, 0.3) is 0 Å². The standard InChI is InChI=1S/C10H10ClN3O2/c1-6-2-3-7(16-6)4-14-5-13-9(11)8(12)10(14)15/h2-3,5H,4,12H2,1H3. The quantitative estimate of drug-likeness (QED) is 0.805. The maximum Gasteiger partial charge on any atom is 0.278 e. The van der Waals surface area contributed by atoms with Gasteiger partial charge in [-0.1, -0.05) is 11.6 Å². The molecule has 0 unspecified atom stereocenters. The maximum atomic E-state index is 11.7. The second-order valence-electron chi connectivity index (χ2n) is 3.39. The fourth-order valence-corrected chi connectivity index (χ4v) is 1.46. The topological polar surface area (TPSA) is 74.1 Å². The molecule has 0 spiro atoms. The predicted molar refractivity (Wildman–Crippen MR) is 60.5 cm³/mol. The van der Waals surface area contributed by atoms with Crippen molar-refractivity contribution in [3.8, 4) is 0 Å².